The number of likely N-dealkylation sites (tertiary alicyclic amines) is 1. The molecule has 25 heavy (non-hydrogen) atoms. The topological polar surface area (TPSA) is 70.2 Å². The van der Waals surface area contributed by atoms with Gasteiger partial charge in [0.05, 0.1) is 12.2 Å². The minimum atomic E-state index is -0.141. The maximum Gasteiger partial charge on any atom is 0.315 e. The summed E-state index contributed by atoms with van der Waals surface area (Å²) >= 11 is 0. The number of aromatic nitrogens is 2. The molecule has 0 spiro atoms. The molecule has 1 aromatic carbocycles. The number of carbonyl (C=O) groups is 1. The highest BCUT2D eigenvalue weighted by molar-refractivity contribution is 5.73. The van der Waals surface area contributed by atoms with E-state index in [1.165, 1.54) is 5.56 Å². The molecular formula is C19H25N5O. The third-order valence-electron chi connectivity index (χ3n) is 4.43. The van der Waals surface area contributed by atoms with Crippen molar-refractivity contribution in [3.8, 4) is 0 Å². The van der Waals surface area contributed by atoms with Crippen molar-refractivity contribution in [2.45, 2.75) is 26.4 Å². The van der Waals surface area contributed by atoms with Gasteiger partial charge < -0.3 is 10.6 Å². The van der Waals surface area contributed by atoms with Gasteiger partial charge in [-0.15, -0.1) is 0 Å². The van der Waals surface area contributed by atoms with Crippen LogP contribution in [0.4, 0.5) is 4.79 Å². The summed E-state index contributed by atoms with van der Waals surface area (Å²) in [6.45, 7) is 6.06. The molecule has 0 aliphatic carbocycles. The molecule has 0 bridgehead atoms. The van der Waals surface area contributed by atoms with E-state index in [9.17, 15) is 4.79 Å². The number of rotatable bonds is 6. The van der Waals surface area contributed by atoms with E-state index in [2.05, 4.69) is 49.8 Å². The molecule has 1 aromatic heterocycles. The van der Waals surface area contributed by atoms with Crippen LogP contribution < -0.4 is 10.6 Å². The van der Waals surface area contributed by atoms with Gasteiger partial charge in [0.25, 0.3) is 0 Å². The molecule has 0 saturated carbocycles. The van der Waals surface area contributed by atoms with Crippen molar-refractivity contribution in [2.75, 3.05) is 19.6 Å². The van der Waals surface area contributed by atoms with Crippen LogP contribution in [0.25, 0.3) is 0 Å². The van der Waals surface area contributed by atoms with Gasteiger partial charge in [0, 0.05) is 25.8 Å². The Balaban J connectivity index is 1.35. The molecular weight excluding hydrogens is 314 g/mol. The van der Waals surface area contributed by atoms with Crippen molar-refractivity contribution in [1.82, 2.24) is 25.5 Å². The van der Waals surface area contributed by atoms with Crippen molar-refractivity contribution in [2.24, 2.45) is 5.92 Å². The largest absolute Gasteiger partial charge is 0.338 e. The Labute approximate surface area is 148 Å². The number of nitrogens with zero attached hydrogens (tertiary/aromatic N) is 3. The first-order valence-electron chi connectivity index (χ1n) is 8.75. The minimum absolute atomic E-state index is 0.141. The molecule has 1 fully saturated rings. The van der Waals surface area contributed by atoms with Crippen LogP contribution in [0.15, 0.2) is 42.6 Å². The third-order valence-corrected chi connectivity index (χ3v) is 4.43. The Morgan fingerprint density at radius 1 is 1.24 bits per heavy atom. The van der Waals surface area contributed by atoms with E-state index in [0.29, 0.717) is 24.8 Å². The molecule has 2 N–H and O–H groups in total. The zero-order valence-electron chi connectivity index (χ0n) is 14.6. The molecule has 2 aromatic rings. The summed E-state index contributed by atoms with van der Waals surface area (Å²) in [6.07, 6.45) is 2.83. The molecule has 6 heteroatoms. The van der Waals surface area contributed by atoms with Crippen LogP contribution in [0.3, 0.4) is 0 Å². The molecule has 6 nitrogen and oxygen atoms in total. The highest BCUT2D eigenvalue weighted by Gasteiger charge is 2.22. The Bertz CT molecular complexity index is 691. The summed E-state index contributed by atoms with van der Waals surface area (Å²) in [4.78, 5) is 22.7. The molecule has 1 aliphatic rings. The Morgan fingerprint density at radius 2 is 2.08 bits per heavy atom. The second-order valence-electron chi connectivity index (χ2n) is 6.53. The second-order valence-corrected chi connectivity index (χ2v) is 6.53. The first kappa shape index (κ1) is 17.4. The van der Waals surface area contributed by atoms with E-state index < -0.39 is 0 Å². The lowest BCUT2D eigenvalue weighted by Crippen LogP contribution is -2.38. The average molecular weight is 339 g/mol. The number of urea groups is 1. The number of amides is 2. The van der Waals surface area contributed by atoms with E-state index in [4.69, 9.17) is 0 Å². The Kier molecular flexibility index (Phi) is 5.95. The van der Waals surface area contributed by atoms with Gasteiger partial charge in [-0.1, -0.05) is 30.3 Å². The Hall–Kier alpha value is -2.47. The summed E-state index contributed by atoms with van der Waals surface area (Å²) in [5, 5.41) is 5.82. The Morgan fingerprint density at radius 3 is 2.88 bits per heavy atom. The van der Waals surface area contributed by atoms with Gasteiger partial charge >= 0.3 is 6.03 Å². The van der Waals surface area contributed by atoms with Crippen molar-refractivity contribution in [1.29, 1.82) is 0 Å². The highest BCUT2D eigenvalue weighted by atomic mass is 16.2. The molecule has 0 radical (unpaired) electrons. The molecule has 1 atom stereocenters. The third kappa shape index (κ3) is 5.53. The van der Waals surface area contributed by atoms with Gasteiger partial charge in [0.2, 0.25) is 0 Å². The maximum atomic E-state index is 12.0. The van der Waals surface area contributed by atoms with Gasteiger partial charge in [-0.05, 0) is 37.4 Å². The quantitative estimate of drug-likeness (QED) is 0.846. The lowest BCUT2D eigenvalue weighted by Gasteiger charge is -2.16. The monoisotopic (exact) mass is 339 g/mol. The van der Waals surface area contributed by atoms with Crippen LogP contribution >= 0.6 is 0 Å². The van der Waals surface area contributed by atoms with Gasteiger partial charge in [0.15, 0.2) is 0 Å². The molecule has 1 saturated heterocycles. The number of benzene rings is 1. The van der Waals surface area contributed by atoms with E-state index in [1.54, 1.807) is 6.20 Å². The summed E-state index contributed by atoms with van der Waals surface area (Å²) in [6, 6.07) is 12.2. The molecule has 1 aliphatic heterocycles. The summed E-state index contributed by atoms with van der Waals surface area (Å²) < 4.78 is 0. The molecule has 3 rings (SSSR count). The lowest BCUT2D eigenvalue weighted by atomic mass is 10.1. The fourth-order valence-electron chi connectivity index (χ4n) is 3.14. The lowest BCUT2D eigenvalue weighted by molar-refractivity contribution is 0.238. The fraction of sp³-hybridized carbons (Fsp3) is 0.421. The van der Waals surface area contributed by atoms with E-state index in [-0.39, 0.29) is 6.03 Å². The molecule has 1 unspecified atom stereocenters. The maximum absolute atomic E-state index is 12.0. The van der Waals surface area contributed by atoms with Crippen LogP contribution in [0.5, 0.6) is 0 Å². The first-order chi connectivity index (χ1) is 12.2. The van der Waals surface area contributed by atoms with Crippen LogP contribution in [-0.4, -0.2) is 40.5 Å². The van der Waals surface area contributed by atoms with Crippen molar-refractivity contribution in [3.63, 3.8) is 0 Å². The smallest absolute Gasteiger partial charge is 0.315 e. The minimum Gasteiger partial charge on any atom is -0.338 e. The number of aryl methyl sites for hydroxylation is 1. The standard InChI is InChI=1S/C19H25N5O/c1-15-20-9-7-18(23-15)12-22-19(25)21-11-17-8-10-24(14-17)13-16-5-3-2-4-6-16/h2-7,9,17H,8,10-14H2,1H3,(H2,21,22,25). The van der Waals surface area contributed by atoms with Crippen LogP contribution in [0.2, 0.25) is 0 Å². The fourth-order valence-corrected chi connectivity index (χ4v) is 3.14. The SMILES string of the molecule is Cc1nccc(CNC(=O)NCC2CCN(Cc3ccccc3)C2)n1. The predicted octanol–water partition coefficient (Wildman–Crippen LogP) is 2.11. The van der Waals surface area contributed by atoms with Gasteiger partial charge in [-0.25, -0.2) is 14.8 Å². The predicted molar refractivity (Wildman–Crippen MR) is 96.8 cm³/mol. The van der Waals surface area contributed by atoms with Gasteiger partial charge in [0.1, 0.15) is 5.82 Å². The molecule has 2 amide bonds. The molecule has 2 heterocycles. The number of nitrogens with one attached hydrogen (secondary N) is 2. The summed E-state index contributed by atoms with van der Waals surface area (Å²) in [7, 11) is 0. The van der Waals surface area contributed by atoms with Crippen molar-refractivity contribution < 1.29 is 4.79 Å². The highest BCUT2D eigenvalue weighted by Crippen LogP contribution is 2.17. The summed E-state index contributed by atoms with van der Waals surface area (Å²) in [5.41, 5.74) is 2.16. The van der Waals surface area contributed by atoms with E-state index >= 15 is 0 Å². The van der Waals surface area contributed by atoms with E-state index in [1.807, 2.05) is 19.1 Å². The summed E-state index contributed by atoms with van der Waals surface area (Å²) in [5.74, 6) is 1.22. The first-order valence-corrected chi connectivity index (χ1v) is 8.75. The van der Waals surface area contributed by atoms with Gasteiger partial charge in [-0.3, -0.25) is 4.90 Å². The van der Waals surface area contributed by atoms with Crippen LogP contribution in [-0.2, 0) is 13.1 Å². The normalized spacial score (nSPS) is 17.4. The molecule has 132 valence electrons. The van der Waals surface area contributed by atoms with Crippen molar-refractivity contribution >= 4 is 6.03 Å². The van der Waals surface area contributed by atoms with Crippen LogP contribution in [0.1, 0.15) is 23.5 Å². The van der Waals surface area contributed by atoms with Crippen LogP contribution in [0, 0.1) is 12.8 Å². The van der Waals surface area contributed by atoms with Gasteiger partial charge in [-0.2, -0.15) is 0 Å². The van der Waals surface area contributed by atoms with Crippen molar-refractivity contribution in [3.05, 3.63) is 59.7 Å². The zero-order chi connectivity index (χ0) is 17.5. The zero-order valence-corrected chi connectivity index (χ0v) is 14.6. The average Bonchev–Trinajstić information content (AvgIpc) is 3.06. The second kappa shape index (κ2) is 8.58. The number of hydrogen-bond donors (Lipinski definition) is 2. The number of hydrogen-bond acceptors (Lipinski definition) is 4. The number of carbonyl (C=O) groups excluding carboxylic acids is 1. The van der Waals surface area contributed by atoms with E-state index in [0.717, 1.165) is 31.7 Å².